The molecular formula is C18H11FN2O. The molecule has 0 amide bonds. The fourth-order valence-corrected chi connectivity index (χ4v) is 2.96. The van der Waals surface area contributed by atoms with Gasteiger partial charge in [0.15, 0.2) is 11.2 Å². The molecule has 0 N–H and O–H groups in total. The van der Waals surface area contributed by atoms with E-state index in [2.05, 4.69) is 0 Å². The summed E-state index contributed by atoms with van der Waals surface area (Å²) in [5, 5.41) is 18.8. The van der Waals surface area contributed by atoms with Crippen LogP contribution in [0.15, 0.2) is 54.6 Å². The molecule has 22 heavy (non-hydrogen) atoms. The van der Waals surface area contributed by atoms with Gasteiger partial charge in [0.25, 0.3) is 0 Å². The third-order valence-corrected chi connectivity index (χ3v) is 4.15. The van der Waals surface area contributed by atoms with E-state index in [1.807, 2.05) is 42.5 Å². The number of Topliss-reactive ketones (excluding diaryl/α,β-unsaturated/α-hetero) is 1. The van der Waals surface area contributed by atoms with E-state index in [4.69, 9.17) is 0 Å². The second-order valence-corrected chi connectivity index (χ2v) is 5.33. The van der Waals surface area contributed by atoms with Crippen molar-refractivity contribution in [1.82, 2.24) is 0 Å². The molecule has 2 atom stereocenters. The van der Waals surface area contributed by atoms with Gasteiger partial charge in [-0.3, -0.25) is 4.79 Å². The number of hydrogen-bond donors (Lipinski definition) is 0. The SMILES string of the molecule is N#CC1(C#N)C(C(=O)c2ccc(F)cc2)C1c1ccccc1. The van der Waals surface area contributed by atoms with Gasteiger partial charge >= 0.3 is 0 Å². The lowest BCUT2D eigenvalue weighted by atomic mass is 10.0. The highest BCUT2D eigenvalue weighted by Gasteiger charge is 2.70. The highest BCUT2D eigenvalue weighted by molar-refractivity contribution is 6.02. The molecule has 1 fully saturated rings. The van der Waals surface area contributed by atoms with E-state index in [0.717, 1.165) is 5.56 Å². The van der Waals surface area contributed by atoms with Gasteiger partial charge in [-0.1, -0.05) is 30.3 Å². The Kier molecular flexibility index (Phi) is 3.23. The number of rotatable bonds is 3. The van der Waals surface area contributed by atoms with Crippen LogP contribution in [0.1, 0.15) is 21.8 Å². The van der Waals surface area contributed by atoms with Crippen LogP contribution in [0.25, 0.3) is 0 Å². The minimum atomic E-state index is -1.34. The zero-order valence-corrected chi connectivity index (χ0v) is 11.5. The summed E-state index contributed by atoms with van der Waals surface area (Å²) in [6.07, 6.45) is 0. The molecule has 0 aliphatic heterocycles. The molecule has 0 bridgehead atoms. The molecule has 0 radical (unpaired) electrons. The van der Waals surface area contributed by atoms with E-state index >= 15 is 0 Å². The van der Waals surface area contributed by atoms with E-state index in [-0.39, 0.29) is 5.78 Å². The fourth-order valence-electron chi connectivity index (χ4n) is 2.96. The molecule has 106 valence electrons. The van der Waals surface area contributed by atoms with Crippen molar-refractivity contribution in [1.29, 1.82) is 10.5 Å². The van der Waals surface area contributed by atoms with Crippen LogP contribution in [0.3, 0.4) is 0 Å². The van der Waals surface area contributed by atoms with Crippen LogP contribution >= 0.6 is 0 Å². The summed E-state index contributed by atoms with van der Waals surface area (Å²) in [6.45, 7) is 0. The van der Waals surface area contributed by atoms with Crippen LogP contribution < -0.4 is 0 Å². The first kappa shape index (κ1) is 14.0. The van der Waals surface area contributed by atoms with E-state index in [0.29, 0.717) is 5.56 Å². The highest BCUT2D eigenvalue weighted by atomic mass is 19.1. The monoisotopic (exact) mass is 290 g/mol. The first-order valence-electron chi connectivity index (χ1n) is 6.81. The lowest BCUT2D eigenvalue weighted by molar-refractivity contribution is 0.0958. The first-order chi connectivity index (χ1) is 10.6. The van der Waals surface area contributed by atoms with Gasteiger partial charge in [-0.25, -0.2) is 4.39 Å². The zero-order chi connectivity index (χ0) is 15.7. The second-order valence-electron chi connectivity index (χ2n) is 5.33. The molecule has 2 aromatic rings. The van der Waals surface area contributed by atoms with Crippen LogP contribution in [0.2, 0.25) is 0 Å². The van der Waals surface area contributed by atoms with Crippen molar-refractivity contribution in [3.05, 3.63) is 71.5 Å². The predicted molar refractivity (Wildman–Crippen MR) is 77.1 cm³/mol. The largest absolute Gasteiger partial charge is 0.294 e. The van der Waals surface area contributed by atoms with Crippen LogP contribution in [-0.2, 0) is 0 Å². The average molecular weight is 290 g/mol. The summed E-state index contributed by atoms with van der Waals surface area (Å²) in [5.74, 6) is -1.88. The Morgan fingerprint density at radius 3 is 2.14 bits per heavy atom. The van der Waals surface area contributed by atoms with Crippen molar-refractivity contribution in [3.63, 3.8) is 0 Å². The normalized spacial score (nSPS) is 21.4. The molecular weight excluding hydrogens is 279 g/mol. The first-order valence-corrected chi connectivity index (χ1v) is 6.81. The van der Waals surface area contributed by atoms with Crippen LogP contribution in [0.5, 0.6) is 0 Å². The van der Waals surface area contributed by atoms with Gasteiger partial charge in [0, 0.05) is 11.5 Å². The number of halogens is 1. The van der Waals surface area contributed by atoms with E-state index in [1.165, 1.54) is 24.3 Å². The molecule has 2 aromatic carbocycles. The smallest absolute Gasteiger partial charge is 0.169 e. The quantitative estimate of drug-likeness (QED) is 0.813. The maximum Gasteiger partial charge on any atom is 0.169 e. The number of carbonyl (C=O) groups is 1. The number of benzene rings is 2. The van der Waals surface area contributed by atoms with Crippen molar-refractivity contribution >= 4 is 5.78 Å². The third-order valence-electron chi connectivity index (χ3n) is 4.15. The molecule has 1 aliphatic rings. The van der Waals surface area contributed by atoms with Crippen molar-refractivity contribution in [2.45, 2.75) is 5.92 Å². The number of nitriles is 2. The Bertz CT molecular complexity index is 786. The Morgan fingerprint density at radius 2 is 1.59 bits per heavy atom. The number of ketones is 1. The van der Waals surface area contributed by atoms with Crippen LogP contribution in [0.4, 0.5) is 4.39 Å². The molecule has 0 heterocycles. The van der Waals surface area contributed by atoms with Gasteiger partial charge in [0.05, 0.1) is 18.1 Å². The van der Waals surface area contributed by atoms with Crippen molar-refractivity contribution < 1.29 is 9.18 Å². The topological polar surface area (TPSA) is 64.7 Å². The van der Waals surface area contributed by atoms with Crippen molar-refractivity contribution in [2.24, 2.45) is 11.3 Å². The number of nitrogens with zero attached hydrogens (tertiary/aromatic N) is 2. The minimum Gasteiger partial charge on any atom is -0.294 e. The van der Waals surface area contributed by atoms with Gasteiger partial charge in [-0.05, 0) is 29.8 Å². The summed E-state index contributed by atoms with van der Waals surface area (Å²) in [4.78, 5) is 12.6. The maximum atomic E-state index is 13.0. The molecule has 4 heteroatoms. The van der Waals surface area contributed by atoms with E-state index in [9.17, 15) is 19.7 Å². The van der Waals surface area contributed by atoms with Crippen LogP contribution in [0, 0.1) is 39.8 Å². The Hall–Kier alpha value is -2.98. The lowest BCUT2D eigenvalue weighted by Gasteiger charge is -2.00. The van der Waals surface area contributed by atoms with E-state index in [1.54, 1.807) is 0 Å². The van der Waals surface area contributed by atoms with Gasteiger partial charge in [-0.15, -0.1) is 0 Å². The summed E-state index contributed by atoms with van der Waals surface area (Å²) in [5.41, 5.74) is -0.224. The Labute approximate surface area is 127 Å². The molecule has 3 nitrogen and oxygen atoms in total. The minimum absolute atomic E-state index is 0.294. The number of carbonyl (C=O) groups excluding carboxylic acids is 1. The van der Waals surface area contributed by atoms with Gasteiger partial charge < -0.3 is 0 Å². The summed E-state index contributed by atoms with van der Waals surface area (Å²) in [7, 11) is 0. The molecule has 0 aromatic heterocycles. The van der Waals surface area contributed by atoms with Crippen molar-refractivity contribution in [3.8, 4) is 12.1 Å². The molecule has 0 spiro atoms. The summed E-state index contributed by atoms with van der Waals surface area (Å²) < 4.78 is 13.0. The number of hydrogen-bond acceptors (Lipinski definition) is 3. The standard InChI is InChI=1S/C18H11FN2O/c19-14-8-6-13(7-9-14)17(22)16-15(18(16,10-20)11-21)12-4-2-1-3-5-12/h1-9,15-16H. The highest BCUT2D eigenvalue weighted by Crippen LogP contribution is 2.65. The third kappa shape index (κ3) is 1.98. The van der Waals surface area contributed by atoms with Gasteiger partial charge in [0.2, 0.25) is 0 Å². The van der Waals surface area contributed by atoms with E-state index < -0.39 is 23.1 Å². The van der Waals surface area contributed by atoms with Gasteiger partial charge in [0.1, 0.15) is 5.82 Å². The van der Waals surface area contributed by atoms with Gasteiger partial charge in [-0.2, -0.15) is 10.5 Å². The zero-order valence-electron chi connectivity index (χ0n) is 11.5. The molecule has 3 rings (SSSR count). The lowest BCUT2D eigenvalue weighted by Crippen LogP contribution is -2.08. The summed E-state index contributed by atoms with van der Waals surface area (Å²) >= 11 is 0. The van der Waals surface area contributed by atoms with Crippen LogP contribution in [-0.4, -0.2) is 5.78 Å². The molecule has 1 saturated carbocycles. The Balaban J connectivity index is 1.99. The molecule has 1 aliphatic carbocycles. The fraction of sp³-hybridized carbons (Fsp3) is 0.167. The molecule has 0 saturated heterocycles. The maximum absolute atomic E-state index is 13.0. The summed E-state index contributed by atoms with van der Waals surface area (Å²) in [6, 6.07) is 18.3. The predicted octanol–water partition coefficient (Wildman–Crippen LogP) is 3.46. The average Bonchev–Trinajstić information content (AvgIpc) is 3.25. The Morgan fingerprint density at radius 1 is 1.00 bits per heavy atom. The second kappa shape index (κ2) is 5.09. The molecule has 2 unspecified atom stereocenters. The van der Waals surface area contributed by atoms with Crippen molar-refractivity contribution in [2.75, 3.05) is 0 Å².